The molecule has 0 unspecified atom stereocenters. The van der Waals surface area contributed by atoms with Gasteiger partial charge in [-0.1, -0.05) is 26.2 Å². The van der Waals surface area contributed by atoms with E-state index in [1.807, 2.05) is 0 Å². The maximum Gasteiger partial charge on any atom is 0.332 e. The highest BCUT2D eigenvalue weighted by Gasteiger charge is 2.20. The number of amides is 1. The van der Waals surface area contributed by atoms with Crippen LogP contribution in [0.3, 0.4) is 0 Å². The molecule has 7 nitrogen and oxygen atoms in total. The van der Waals surface area contributed by atoms with Gasteiger partial charge < -0.3 is 20.6 Å². The number of aliphatic hydroxyl groups is 2. The molecular weight excluding hydrogens is 290 g/mol. The monoisotopic (exact) mass is 317 g/mol. The smallest absolute Gasteiger partial charge is 0.332 e. The molecule has 7 heteroatoms. The molecule has 4 N–H and O–H groups in total. The number of ketones is 1. The summed E-state index contributed by atoms with van der Waals surface area (Å²) in [6, 6.07) is -0.740. The zero-order valence-electron chi connectivity index (χ0n) is 13.2. The number of unbranched alkanes of at least 4 members (excludes halogenated alkanes) is 2. The Bertz CT molecular complexity index is 371. The van der Waals surface area contributed by atoms with Crippen LogP contribution in [0.4, 0.5) is 0 Å². The number of rotatable bonds is 12. The number of nitrogens with one attached hydrogen (secondary N) is 1. The molecule has 3 atom stereocenters. The van der Waals surface area contributed by atoms with Crippen LogP contribution in [0, 0.1) is 0 Å². The number of hydrogen-bond donors (Lipinski definition) is 4. The highest BCUT2D eigenvalue weighted by atomic mass is 16.4. The van der Waals surface area contributed by atoms with Gasteiger partial charge in [0.1, 0.15) is 0 Å². The van der Waals surface area contributed by atoms with E-state index in [1.165, 1.54) is 6.92 Å². The van der Waals surface area contributed by atoms with Crippen LogP contribution in [0.1, 0.15) is 58.8 Å². The lowest BCUT2D eigenvalue weighted by Crippen LogP contribution is -2.40. The van der Waals surface area contributed by atoms with Gasteiger partial charge in [0.05, 0.1) is 12.1 Å². The third kappa shape index (κ3) is 9.46. The third-order valence-corrected chi connectivity index (χ3v) is 3.37. The van der Waals surface area contributed by atoms with E-state index < -0.39 is 30.1 Å². The molecule has 0 aromatic rings. The van der Waals surface area contributed by atoms with Crippen molar-refractivity contribution in [3.63, 3.8) is 0 Å². The van der Waals surface area contributed by atoms with Crippen LogP contribution < -0.4 is 5.32 Å². The molecular formula is C15H27NO6. The van der Waals surface area contributed by atoms with E-state index in [2.05, 4.69) is 12.2 Å². The molecule has 128 valence electrons. The quantitative estimate of drug-likeness (QED) is 0.391. The standard InChI is InChI=1S/C15H27NO6/c1-3-4-5-6-11(17)9-13(19)10(2)16-14(20)8-7-12(18)15(21)22/h10-12,17-18H,3-9H2,1-2H3,(H,16,20)(H,21,22)/t10-,11+,12+/m1/s1. The van der Waals surface area contributed by atoms with Gasteiger partial charge in [-0.25, -0.2) is 4.79 Å². The minimum atomic E-state index is -1.59. The summed E-state index contributed by atoms with van der Waals surface area (Å²) in [6.07, 6.45) is 0.779. The average Bonchev–Trinajstić information content (AvgIpc) is 2.44. The maximum atomic E-state index is 11.8. The number of carbonyl (C=O) groups excluding carboxylic acids is 2. The van der Waals surface area contributed by atoms with Gasteiger partial charge in [0.15, 0.2) is 11.9 Å². The van der Waals surface area contributed by atoms with Crippen molar-refractivity contribution >= 4 is 17.7 Å². The molecule has 0 aliphatic heterocycles. The first-order chi connectivity index (χ1) is 10.3. The Morgan fingerprint density at radius 1 is 1.09 bits per heavy atom. The predicted molar refractivity (Wildman–Crippen MR) is 80.3 cm³/mol. The van der Waals surface area contributed by atoms with E-state index in [1.54, 1.807) is 0 Å². The van der Waals surface area contributed by atoms with Crippen LogP contribution in [0.15, 0.2) is 0 Å². The fourth-order valence-electron chi connectivity index (χ4n) is 1.93. The molecule has 0 bridgehead atoms. The Morgan fingerprint density at radius 2 is 1.73 bits per heavy atom. The number of aliphatic carboxylic acids is 1. The van der Waals surface area contributed by atoms with E-state index in [0.717, 1.165) is 19.3 Å². The molecule has 0 fully saturated rings. The van der Waals surface area contributed by atoms with Gasteiger partial charge in [0.25, 0.3) is 0 Å². The van der Waals surface area contributed by atoms with Crippen molar-refractivity contribution in [1.29, 1.82) is 0 Å². The summed E-state index contributed by atoms with van der Waals surface area (Å²) in [7, 11) is 0. The summed E-state index contributed by atoms with van der Waals surface area (Å²) in [4.78, 5) is 33.8. The van der Waals surface area contributed by atoms with Gasteiger partial charge >= 0.3 is 5.97 Å². The lowest BCUT2D eigenvalue weighted by Gasteiger charge is -2.16. The molecule has 0 aliphatic rings. The van der Waals surface area contributed by atoms with E-state index in [0.29, 0.717) is 6.42 Å². The minimum Gasteiger partial charge on any atom is -0.479 e. The molecule has 0 aromatic carbocycles. The van der Waals surface area contributed by atoms with Crippen molar-refractivity contribution in [3.05, 3.63) is 0 Å². The first kappa shape index (κ1) is 20.5. The van der Waals surface area contributed by atoms with Crippen LogP contribution in [0.5, 0.6) is 0 Å². The predicted octanol–water partition coefficient (Wildman–Crippen LogP) is 0.617. The molecule has 0 saturated carbocycles. The van der Waals surface area contributed by atoms with Gasteiger partial charge in [-0.3, -0.25) is 9.59 Å². The summed E-state index contributed by atoms with van der Waals surface area (Å²) in [6.45, 7) is 3.57. The first-order valence-electron chi connectivity index (χ1n) is 7.68. The number of Topliss-reactive ketones (excluding diaryl/α,β-unsaturated/α-hetero) is 1. The van der Waals surface area contributed by atoms with Crippen molar-refractivity contribution in [1.82, 2.24) is 5.32 Å². The molecule has 0 spiro atoms. The Kier molecular flexibility index (Phi) is 10.4. The minimum absolute atomic E-state index is 0.0110. The molecule has 0 aromatic heterocycles. The molecule has 1 amide bonds. The second-order valence-corrected chi connectivity index (χ2v) is 5.50. The largest absolute Gasteiger partial charge is 0.479 e. The Hall–Kier alpha value is -1.47. The number of hydrogen-bond acceptors (Lipinski definition) is 5. The van der Waals surface area contributed by atoms with Gasteiger partial charge in [-0.15, -0.1) is 0 Å². The van der Waals surface area contributed by atoms with Gasteiger partial charge in [0.2, 0.25) is 5.91 Å². The van der Waals surface area contributed by atoms with Gasteiger partial charge in [-0.2, -0.15) is 0 Å². The lowest BCUT2D eigenvalue weighted by atomic mass is 10.0. The summed E-state index contributed by atoms with van der Waals surface area (Å²) < 4.78 is 0. The summed E-state index contributed by atoms with van der Waals surface area (Å²) in [5.41, 5.74) is 0. The average molecular weight is 317 g/mol. The normalized spacial score (nSPS) is 14.9. The number of carboxylic acid groups (broad SMARTS) is 1. The van der Waals surface area contributed by atoms with Crippen LogP contribution in [-0.2, 0) is 14.4 Å². The highest BCUT2D eigenvalue weighted by molar-refractivity contribution is 5.89. The SMILES string of the molecule is CCCCC[C@H](O)CC(=O)[C@@H](C)NC(=O)CC[C@H](O)C(=O)O. The summed E-state index contributed by atoms with van der Waals surface area (Å²) >= 11 is 0. The Labute approximate surface area is 130 Å². The first-order valence-corrected chi connectivity index (χ1v) is 7.68. The zero-order chi connectivity index (χ0) is 17.1. The van der Waals surface area contributed by atoms with E-state index in [9.17, 15) is 19.5 Å². The Morgan fingerprint density at radius 3 is 2.27 bits per heavy atom. The van der Waals surface area contributed by atoms with Crippen molar-refractivity contribution < 1.29 is 29.7 Å². The van der Waals surface area contributed by atoms with Crippen molar-refractivity contribution in [2.45, 2.75) is 77.0 Å². The second-order valence-electron chi connectivity index (χ2n) is 5.50. The zero-order valence-corrected chi connectivity index (χ0v) is 13.2. The summed E-state index contributed by atoms with van der Waals surface area (Å²) in [5, 5.41) is 29.7. The highest BCUT2D eigenvalue weighted by Crippen LogP contribution is 2.08. The van der Waals surface area contributed by atoms with Crippen molar-refractivity contribution in [2.24, 2.45) is 0 Å². The molecule has 0 radical (unpaired) electrons. The van der Waals surface area contributed by atoms with Crippen LogP contribution >= 0.6 is 0 Å². The maximum absolute atomic E-state index is 11.8. The molecule has 0 rings (SSSR count). The molecule has 0 aliphatic carbocycles. The van der Waals surface area contributed by atoms with Crippen LogP contribution in [-0.4, -0.2) is 51.2 Å². The fraction of sp³-hybridized carbons (Fsp3) is 0.800. The van der Waals surface area contributed by atoms with Crippen LogP contribution in [0.25, 0.3) is 0 Å². The van der Waals surface area contributed by atoms with Crippen molar-refractivity contribution in [3.8, 4) is 0 Å². The molecule has 0 saturated heterocycles. The van der Waals surface area contributed by atoms with Gasteiger partial charge in [-0.05, 0) is 19.8 Å². The second kappa shape index (κ2) is 11.1. The number of carbonyl (C=O) groups is 3. The van der Waals surface area contributed by atoms with E-state index in [-0.39, 0.29) is 25.0 Å². The number of carboxylic acids is 1. The molecule has 0 heterocycles. The lowest BCUT2D eigenvalue weighted by molar-refractivity contribution is -0.147. The van der Waals surface area contributed by atoms with Crippen molar-refractivity contribution in [2.75, 3.05) is 0 Å². The fourth-order valence-corrected chi connectivity index (χ4v) is 1.93. The van der Waals surface area contributed by atoms with E-state index >= 15 is 0 Å². The van der Waals surface area contributed by atoms with Crippen LogP contribution in [0.2, 0.25) is 0 Å². The van der Waals surface area contributed by atoms with E-state index in [4.69, 9.17) is 10.2 Å². The Balaban J connectivity index is 4.03. The topological polar surface area (TPSA) is 124 Å². The molecule has 22 heavy (non-hydrogen) atoms. The third-order valence-electron chi connectivity index (χ3n) is 3.37. The summed E-state index contributed by atoms with van der Waals surface area (Å²) in [5.74, 6) is -2.15. The van der Waals surface area contributed by atoms with Gasteiger partial charge in [0, 0.05) is 12.8 Å². The number of aliphatic hydroxyl groups excluding tert-OH is 2.